The van der Waals surface area contributed by atoms with Gasteiger partial charge in [-0.25, -0.2) is 4.68 Å². The van der Waals surface area contributed by atoms with Gasteiger partial charge in [0.15, 0.2) is 0 Å². The first kappa shape index (κ1) is 11.1. The average Bonchev–Trinajstić information content (AvgIpc) is 2.61. The number of nitrogens with one attached hydrogen (secondary N) is 1. The van der Waals surface area contributed by atoms with Crippen LogP contribution in [-0.2, 0) is 0 Å². The van der Waals surface area contributed by atoms with Gasteiger partial charge in [-0.1, -0.05) is 20.8 Å². The van der Waals surface area contributed by atoms with E-state index in [2.05, 4.69) is 42.8 Å². The molecule has 1 aromatic heterocycles. The highest BCUT2D eigenvalue weighted by molar-refractivity contribution is 5.34. The molecule has 1 atom stereocenters. The Bertz CT molecular complexity index is 265. The standard InChI is InChI=1S/C11H21N3/c1-5-10(4)14-11(6-7-13-14)12-8-9(2)3/h6-7,9-10,12H,5,8H2,1-4H3. The van der Waals surface area contributed by atoms with Crippen LogP contribution in [0.4, 0.5) is 5.82 Å². The van der Waals surface area contributed by atoms with E-state index in [9.17, 15) is 0 Å². The van der Waals surface area contributed by atoms with Crippen molar-refractivity contribution in [2.45, 2.75) is 40.2 Å². The lowest BCUT2D eigenvalue weighted by Gasteiger charge is -2.15. The van der Waals surface area contributed by atoms with Crippen LogP contribution < -0.4 is 5.32 Å². The number of anilines is 1. The Morgan fingerprint density at radius 1 is 1.43 bits per heavy atom. The molecule has 1 N–H and O–H groups in total. The molecule has 0 amide bonds. The minimum Gasteiger partial charge on any atom is -0.370 e. The number of nitrogens with zero attached hydrogens (tertiary/aromatic N) is 2. The molecule has 0 aromatic carbocycles. The van der Waals surface area contributed by atoms with Crippen LogP contribution in [0.5, 0.6) is 0 Å². The molecule has 0 fully saturated rings. The Balaban J connectivity index is 2.62. The summed E-state index contributed by atoms with van der Waals surface area (Å²) in [7, 11) is 0. The molecule has 0 saturated carbocycles. The third kappa shape index (κ3) is 2.76. The second-order valence-corrected chi connectivity index (χ2v) is 4.19. The van der Waals surface area contributed by atoms with E-state index in [1.54, 1.807) is 0 Å². The van der Waals surface area contributed by atoms with Crippen molar-refractivity contribution in [1.82, 2.24) is 9.78 Å². The quantitative estimate of drug-likeness (QED) is 0.783. The molecule has 0 aliphatic heterocycles. The lowest BCUT2D eigenvalue weighted by molar-refractivity contribution is 0.481. The van der Waals surface area contributed by atoms with E-state index in [4.69, 9.17) is 0 Å². The summed E-state index contributed by atoms with van der Waals surface area (Å²) >= 11 is 0. The van der Waals surface area contributed by atoms with Crippen LogP contribution in [0, 0.1) is 5.92 Å². The normalized spacial score (nSPS) is 13.2. The fraction of sp³-hybridized carbons (Fsp3) is 0.727. The van der Waals surface area contributed by atoms with Gasteiger partial charge >= 0.3 is 0 Å². The van der Waals surface area contributed by atoms with Crippen LogP contribution in [0.15, 0.2) is 12.3 Å². The maximum absolute atomic E-state index is 4.32. The Labute approximate surface area is 86.5 Å². The lowest BCUT2D eigenvalue weighted by Crippen LogP contribution is -2.14. The topological polar surface area (TPSA) is 29.9 Å². The van der Waals surface area contributed by atoms with Crippen molar-refractivity contribution in [3.63, 3.8) is 0 Å². The Hall–Kier alpha value is -0.990. The highest BCUT2D eigenvalue weighted by Gasteiger charge is 2.07. The SMILES string of the molecule is CCC(C)n1nccc1NCC(C)C. The van der Waals surface area contributed by atoms with Crippen molar-refractivity contribution in [1.29, 1.82) is 0 Å². The van der Waals surface area contributed by atoms with Gasteiger partial charge in [-0.05, 0) is 19.3 Å². The Morgan fingerprint density at radius 3 is 2.71 bits per heavy atom. The largest absolute Gasteiger partial charge is 0.370 e. The molecular formula is C11H21N3. The first-order chi connectivity index (χ1) is 6.65. The van der Waals surface area contributed by atoms with Gasteiger partial charge in [-0.15, -0.1) is 0 Å². The smallest absolute Gasteiger partial charge is 0.124 e. The Kier molecular flexibility index (Phi) is 3.98. The van der Waals surface area contributed by atoms with E-state index in [1.807, 2.05) is 12.3 Å². The summed E-state index contributed by atoms with van der Waals surface area (Å²) in [6.45, 7) is 9.78. The molecule has 1 heterocycles. The van der Waals surface area contributed by atoms with Crippen LogP contribution in [-0.4, -0.2) is 16.3 Å². The lowest BCUT2D eigenvalue weighted by atomic mass is 10.2. The van der Waals surface area contributed by atoms with Gasteiger partial charge in [0.1, 0.15) is 5.82 Å². The fourth-order valence-corrected chi connectivity index (χ4v) is 1.29. The molecule has 0 spiro atoms. The molecule has 1 unspecified atom stereocenters. The highest BCUT2D eigenvalue weighted by atomic mass is 15.3. The van der Waals surface area contributed by atoms with E-state index in [1.165, 1.54) is 0 Å². The highest BCUT2D eigenvalue weighted by Crippen LogP contribution is 2.16. The summed E-state index contributed by atoms with van der Waals surface area (Å²) < 4.78 is 2.06. The molecule has 3 nitrogen and oxygen atoms in total. The molecule has 3 heteroatoms. The van der Waals surface area contributed by atoms with Crippen LogP contribution in [0.2, 0.25) is 0 Å². The van der Waals surface area contributed by atoms with Crippen molar-refractivity contribution in [2.75, 3.05) is 11.9 Å². The minimum atomic E-state index is 0.472. The first-order valence-corrected chi connectivity index (χ1v) is 5.42. The van der Waals surface area contributed by atoms with Crippen molar-refractivity contribution >= 4 is 5.82 Å². The van der Waals surface area contributed by atoms with Gasteiger partial charge in [0, 0.05) is 12.6 Å². The third-order valence-electron chi connectivity index (χ3n) is 2.37. The molecular weight excluding hydrogens is 174 g/mol. The second kappa shape index (κ2) is 5.03. The van der Waals surface area contributed by atoms with Crippen LogP contribution >= 0.6 is 0 Å². The summed E-state index contributed by atoms with van der Waals surface area (Å²) in [4.78, 5) is 0. The predicted octanol–water partition coefficient (Wildman–Crippen LogP) is 2.92. The maximum atomic E-state index is 4.32. The number of rotatable bonds is 5. The molecule has 80 valence electrons. The average molecular weight is 195 g/mol. The molecule has 0 aliphatic carbocycles. The van der Waals surface area contributed by atoms with E-state index in [0.29, 0.717) is 12.0 Å². The summed E-state index contributed by atoms with van der Waals surface area (Å²) in [6, 6.07) is 2.51. The summed E-state index contributed by atoms with van der Waals surface area (Å²) in [5.74, 6) is 1.79. The summed E-state index contributed by atoms with van der Waals surface area (Å²) in [5, 5.41) is 7.73. The van der Waals surface area contributed by atoms with Gasteiger partial charge in [0.05, 0.1) is 12.2 Å². The van der Waals surface area contributed by atoms with Crippen molar-refractivity contribution in [3.8, 4) is 0 Å². The number of hydrogen-bond acceptors (Lipinski definition) is 2. The zero-order valence-electron chi connectivity index (χ0n) is 9.62. The van der Waals surface area contributed by atoms with Gasteiger partial charge in [-0.2, -0.15) is 5.10 Å². The van der Waals surface area contributed by atoms with Gasteiger partial charge in [0.2, 0.25) is 0 Å². The molecule has 1 rings (SSSR count). The molecule has 0 saturated heterocycles. The monoisotopic (exact) mass is 195 g/mol. The molecule has 1 aromatic rings. The third-order valence-corrected chi connectivity index (χ3v) is 2.37. The zero-order valence-corrected chi connectivity index (χ0v) is 9.62. The van der Waals surface area contributed by atoms with Gasteiger partial charge in [-0.3, -0.25) is 0 Å². The van der Waals surface area contributed by atoms with Crippen LogP contribution in [0.1, 0.15) is 40.2 Å². The first-order valence-electron chi connectivity index (χ1n) is 5.42. The van der Waals surface area contributed by atoms with Crippen molar-refractivity contribution in [3.05, 3.63) is 12.3 Å². The van der Waals surface area contributed by atoms with Crippen molar-refractivity contribution in [2.24, 2.45) is 5.92 Å². The van der Waals surface area contributed by atoms with Crippen LogP contribution in [0.25, 0.3) is 0 Å². The van der Waals surface area contributed by atoms with E-state index in [0.717, 1.165) is 18.8 Å². The van der Waals surface area contributed by atoms with Crippen LogP contribution in [0.3, 0.4) is 0 Å². The minimum absolute atomic E-state index is 0.472. The summed E-state index contributed by atoms with van der Waals surface area (Å²) in [6.07, 6.45) is 2.97. The van der Waals surface area contributed by atoms with Crippen molar-refractivity contribution < 1.29 is 0 Å². The molecule has 0 radical (unpaired) electrons. The van der Waals surface area contributed by atoms with Gasteiger partial charge in [0.25, 0.3) is 0 Å². The number of aromatic nitrogens is 2. The summed E-state index contributed by atoms with van der Waals surface area (Å²) in [5.41, 5.74) is 0. The van der Waals surface area contributed by atoms with E-state index in [-0.39, 0.29) is 0 Å². The number of hydrogen-bond donors (Lipinski definition) is 1. The Morgan fingerprint density at radius 2 is 2.14 bits per heavy atom. The second-order valence-electron chi connectivity index (χ2n) is 4.19. The fourth-order valence-electron chi connectivity index (χ4n) is 1.29. The molecule has 0 bridgehead atoms. The van der Waals surface area contributed by atoms with E-state index >= 15 is 0 Å². The molecule has 14 heavy (non-hydrogen) atoms. The zero-order chi connectivity index (χ0) is 10.6. The maximum Gasteiger partial charge on any atom is 0.124 e. The van der Waals surface area contributed by atoms with E-state index < -0.39 is 0 Å². The van der Waals surface area contributed by atoms with Gasteiger partial charge < -0.3 is 5.32 Å². The molecule has 0 aliphatic rings. The predicted molar refractivity (Wildman–Crippen MR) is 60.6 cm³/mol.